The Labute approximate surface area is 226 Å². The Morgan fingerprint density at radius 2 is 0.889 bits per heavy atom. The maximum Gasteiger partial charge on any atom is 0.0701 e. The van der Waals surface area contributed by atoms with Crippen LogP contribution in [0.5, 0.6) is 0 Å². The van der Waals surface area contributed by atoms with Crippen molar-refractivity contribution in [2.45, 2.75) is 13.1 Å². The van der Waals surface area contributed by atoms with Crippen molar-refractivity contribution < 1.29 is 9.47 Å². The third-order valence-electron chi connectivity index (χ3n) is 6.76. The van der Waals surface area contributed by atoms with Gasteiger partial charge in [-0.15, -0.1) is 0 Å². The summed E-state index contributed by atoms with van der Waals surface area (Å²) in [5, 5.41) is 5.07. The largest absolute Gasteiger partial charge is 0.377 e. The quantitative estimate of drug-likeness (QED) is 0.156. The topological polar surface area (TPSA) is 28.3 Å². The van der Waals surface area contributed by atoms with Crippen molar-refractivity contribution >= 4 is 75.5 Å². The minimum atomic E-state index is 0.585. The van der Waals surface area contributed by atoms with E-state index in [1.807, 2.05) is 0 Å². The Balaban J connectivity index is 1.04. The molecule has 0 atom stereocenters. The molecular weight excluding hydrogens is 580 g/mol. The van der Waals surface area contributed by atoms with Crippen LogP contribution in [-0.2, 0) is 22.6 Å². The predicted molar refractivity (Wildman–Crippen MR) is 156 cm³/mol. The lowest BCUT2D eigenvalue weighted by Gasteiger charge is -2.10. The molecule has 182 valence electrons. The first-order valence-electron chi connectivity index (χ1n) is 12.2. The van der Waals surface area contributed by atoms with Crippen molar-refractivity contribution in [2.75, 3.05) is 26.4 Å². The standard InChI is InChI=1S/C30H26Br2N2O2/c31-21-9-11-29-25(19-21)26-20-22(32)10-12-30(26)34(29)14-16-36-18-17-35-15-13-33-27-7-3-1-5-23(27)24-6-2-4-8-28(24)33/h1-12,19-20H,13-18H2. The van der Waals surface area contributed by atoms with Gasteiger partial charge in [0.2, 0.25) is 0 Å². The van der Waals surface area contributed by atoms with E-state index >= 15 is 0 Å². The van der Waals surface area contributed by atoms with E-state index < -0.39 is 0 Å². The highest BCUT2D eigenvalue weighted by Crippen LogP contribution is 2.33. The Morgan fingerprint density at radius 1 is 0.472 bits per heavy atom. The van der Waals surface area contributed by atoms with E-state index in [4.69, 9.17) is 9.47 Å². The summed E-state index contributed by atoms with van der Waals surface area (Å²) in [5.41, 5.74) is 4.95. The van der Waals surface area contributed by atoms with Gasteiger partial charge < -0.3 is 18.6 Å². The van der Waals surface area contributed by atoms with Crippen molar-refractivity contribution in [3.63, 3.8) is 0 Å². The Bertz CT molecular complexity index is 1570. The zero-order chi connectivity index (χ0) is 24.5. The fraction of sp³-hybridized carbons (Fsp3) is 0.200. The van der Waals surface area contributed by atoms with Crippen LogP contribution < -0.4 is 0 Å². The van der Waals surface area contributed by atoms with E-state index in [0.29, 0.717) is 26.4 Å². The van der Waals surface area contributed by atoms with Crippen LogP contribution in [-0.4, -0.2) is 35.6 Å². The normalized spacial score (nSPS) is 11.9. The molecule has 0 saturated carbocycles. The van der Waals surface area contributed by atoms with Crippen molar-refractivity contribution in [1.82, 2.24) is 9.13 Å². The highest BCUT2D eigenvalue weighted by molar-refractivity contribution is 9.10. The summed E-state index contributed by atoms with van der Waals surface area (Å²) in [6, 6.07) is 30.1. The van der Waals surface area contributed by atoms with E-state index in [1.54, 1.807) is 0 Å². The predicted octanol–water partition coefficient (Wildman–Crippen LogP) is 8.16. The molecule has 4 nitrogen and oxygen atoms in total. The molecule has 0 saturated heterocycles. The van der Waals surface area contributed by atoms with E-state index in [-0.39, 0.29) is 0 Å². The number of benzene rings is 4. The Morgan fingerprint density at radius 3 is 1.36 bits per heavy atom. The highest BCUT2D eigenvalue weighted by atomic mass is 79.9. The Kier molecular flexibility index (Phi) is 6.85. The fourth-order valence-corrected chi connectivity index (χ4v) is 5.89. The lowest BCUT2D eigenvalue weighted by Crippen LogP contribution is -2.12. The van der Waals surface area contributed by atoms with Gasteiger partial charge in [-0.25, -0.2) is 0 Å². The van der Waals surface area contributed by atoms with E-state index in [1.165, 1.54) is 43.6 Å². The molecule has 6 aromatic rings. The molecule has 0 aliphatic carbocycles. The van der Waals surface area contributed by atoms with Gasteiger partial charge in [0.05, 0.1) is 26.4 Å². The van der Waals surface area contributed by atoms with Crippen LogP contribution in [0.25, 0.3) is 43.6 Å². The van der Waals surface area contributed by atoms with Gasteiger partial charge >= 0.3 is 0 Å². The number of rotatable bonds is 9. The molecule has 36 heavy (non-hydrogen) atoms. The van der Waals surface area contributed by atoms with Crippen molar-refractivity contribution in [2.24, 2.45) is 0 Å². The molecule has 0 bridgehead atoms. The van der Waals surface area contributed by atoms with Crippen LogP contribution in [0.1, 0.15) is 0 Å². The van der Waals surface area contributed by atoms with Crippen LogP contribution in [0, 0.1) is 0 Å². The van der Waals surface area contributed by atoms with Crippen molar-refractivity contribution in [3.8, 4) is 0 Å². The van der Waals surface area contributed by atoms with Gasteiger partial charge in [0, 0.05) is 65.6 Å². The molecule has 0 amide bonds. The summed E-state index contributed by atoms with van der Waals surface area (Å²) >= 11 is 7.23. The number of nitrogens with zero attached hydrogens (tertiary/aromatic N) is 2. The molecule has 2 aromatic heterocycles. The fourth-order valence-electron chi connectivity index (χ4n) is 5.17. The molecule has 0 unspecified atom stereocenters. The average Bonchev–Trinajstić information content (AvgIpc) is 3.38. The lowest BCUT2D eigenvalue weighted by molar-refractivity contribution is 0.0431. The SMILES string of the molecule is Brc1ccc2c(c1)c1cc(Br)ccc1n2CCOCCOCCn1c2ccccc2c2ccccc21. The number of hydrogen-bond acceptors (Lipinski definition) is 2. The van der Waals surface area contributed by atoms with Crippen LogP contribution in [0.4, 0.5) is 0 Å². The van der Waals surface area contributed by atoms with Gasteiger partial charge in [0.15, 0.2) is 0 Å². The molecule has 6 rings (SSSR count). The number of halogens is 2. The number of hydrogen-bond donors (Lipinski definition) is 0. The molecule has 0 radical (unpaired) electrons. The van der Waals surface area contributed by atoms with E-state index in [0.717, 1.165) is 22.0 Å². The minimum Gasteiger partial charge on any atom is -0.377 e. The highest BCUT2D eigenvalue weighted by Gasteiger charge is 2.12. The third kappa shape index (κ3) is 4.48. The summed E-state index contributed by atoms with van der Waals surface area (Å²) in [6.45, 7) is 4.08. The summed E-state index contributed by atoms with van der Waals surface area (Å²) in [7, 11) is 0. The zero-order valence-electron chi connectivity index (χ0n) is 19.8. The molecule has 0 spiro atoms. The third-order valence-corrected chi connectivity index (χ3v) is 7.75. The average molecular weight is 606 g/mol. The molecular formula is C30H26Br2N2O2. The van der Waals surface area contributed by atoms with Gasteiger partial charge in [-0.1, -0.05) is 68.3 Å². The van der Waals surface area contributed by atoms with Gasteiger partial charge in [-0.2, -0.15) is 0 Å². The zero-order valence-corrected chi connectivity index (χ0v) is 23.0. The Hall–Kier alpha value is -2.64. The van der Waals surface area contributed by atoms with Crippen LogP contribution in [0.2, 0.25) is 0 Å². The molecule has 0 aliphatic heterocycles. The maximum absolute atomic E-state index is 5.96. The molecule has 0 fully saturated rings. The minimum absolute atomic E-state index is 0.585. The summed E-state index contributed by atoms with van der Waals surface area (Å²) in [5.74, 6) is 0. The van der Waals surface area contributed by atoms with Crippen molar-refractivity contribution in [1.29, 1.82) is 0 Å². The van der Waals surface area contributed by atoms with Crippen LogP contribution in [0.3, 0.4) is 0 Å². The number of fused-ring (bicyclic) bond motifs is 6. The van der Waals surface area contributed by atoms with E-state index in [2.05, 4.69) is 126 Å². The number of ether oxygens (including phenoxy) is 2. The molecule has 6 heteroatoms. The molecule has 2 heterocycles. The second-order valence-corrected chi connectivity index (χ2v) is 10.7. The maximum atomic E-state index is 5.96. The monoisotopic (exact) mass is 604 g/mol. The first-order chi connectivity index (χ1) is 17.7. The lowest BCUT2D eigenvalue weighted by atomic mass is 10.2. The van der Waals surface area contributed by atoms with E-state index in [9.17, 15) is 0 Å². The van der Waals surface area contributed by atoms with Crippen molar-refractivity contribution in [3.05, 3.63) is 93.9 Å². The molecule has 0 N–H and O–H groups in total. The van der Waals surface area contributed by atoms with Gasteiger partial charge in [-0.3, -0.25) is 0 Å². The smallest absolute Gasteiger partial charge is 0.0701 e. The summed E-state index contributed by atoms with van der Waals surface area (Å²) in [6.07, 6.45) is 0. The summed E-state index contributed by atoms with van der Waals surface area (Å²) < 4.78 is 18.8. The van der Waals surface area contributed by atoms with Crippen LogP contribution >= 0.6 is 31.9 Å². The van der Waals surface area contributed by atoms with Crippen LogP contribution in [0.15, 0.2) is 93.9 Å². The summed E-state index contributed by atoms with van der Waals surface area (Å²) in [4.78, 5) is 0. The second kappa shape index (κ2) is 10.4. The second-order valence-electron chi connectivity index (χ2n) is 8.89. The first-order valence-corrected chi connectivity index (χ1v) is 13.8. The number of aromatic nitrogens is 2. The van der Waals surface area contributed by atoms with Gasteiger partial charge in [0.1, 0.15) is 0 Å². The molecule has 0 aliphatic rings. The van der Waals surface area contributed by atoms with Gasteiger partial charge in [-0.05, 0) is 48.5 Å². The van der Waals surface area contributed by atoms with Gasteiger partial charge in [0.25, 0.3) is 0 Å². The first kappa shape index (κ1) is 23.7. The molecule has 4 aromatic carbocycles. The number of para-hydroxylation sites is 2.